The van der Waals surface area contributed by atoms with Gasteiger partial charge in [-0.15, -0.1) is 0 Å². The smallest absolute Gasteiger partial charge is 0.223 e. The van der Waals surface area contributed by atoms with Crippen molar-refractivity contribution in [2.75, 3.05) is 45.5 Å². The molecule has 182 valence electrons. The molecule has 3 heterocycles. The van der Waals surface area contributed by atoms with E-state index in [0.717, 1.165) is 73.2 Å². The number of nitrogens with one attached hydrogen (secondary N) is 1. The van der Waals surface area contributed by atoms with Crippen LogP contribution < -0.4 is 11.1 Å². The van der Waals surface area contributed by atoms with Gasteiger partial charge in [-0.05, 0) is 12.5 Å². The van der Waals surface area contributed by atoms with Crippen LogP contribution in [0.4, 0.5) is 5.82 Å². The van der Waals surface area contributed by atoms with Crippen LogP contribution in [0.5, 0.6) is 0 Å². The highest BCUT2D eigenvalue weighted by Gasteiger charge is 2.22. The lowest BCUT2D eigenvalue weighted by Crippen LogP contribution is -2.49. The number of amides is 2. The maximum atomic E-state index is 12.4. The zero-order valence-corrected chi connectivity index (χ0v) is 20.2. The quantitative estimate of drug-likeness (QED) is 0.501. The first-order chi connectivity index (χ1) is 16.5. The molecule has 0 unspecified atom stereocenters. The summed E-state index contributed by atoms with van der Waals surface area (Å²) in [5, 5.41) is 3.64. The Balaban J connectivity index is 1.47. The van der Waals surface area contributed by atoms with Crippen molar-refractivity contribution in [3.8, 4) is 0 Å². The molecule has 1 fully saturated rings. The second-order valence-corrected chi connectivity index (χ2v) is 8.89. The number of imidazole rings is 1. The SMILES string of the molecule is CCCCc1nc2c(N)nc3ccccc3c2n1CCN1CCN(C(=O)CCC(=O)NC)CC1. The van der Waals surface area contributed by atoms with Crippen LogP contribution >= 0.6 is 0 Å². The molecule has 0 atom stereocenters. The summed E-state index contributed by atoms with van der Waals surface area (Å²) in [6.07, 6.45) is 3.60. The maximum absolute atomic E-state index is 12.4. The second kappa shape index (κ2) is 10.8. The first-order valence-electron chi connectivity index (χ1n) is 12.3. The van der Waals surface area contributed by atoms with Gasteiger partial charge < -0.3 is 20.5 Å². The Bertz CT molecular complexity index is 1160. The third kappa shape index (κ3) is 5.14. The number of fused-ring (bicyclic) bond motifs is 3. The van der Waals surface area contributed by atoms with Crippen LogP contribution in [0.3, 0.4) is 0 Å². The van der Waals surface area contributed by atoms with Gasteiger partial charge in [-0.1, -0.05) is 31.5 Å². The number of unbranched alkanes of at least 4 members (excludes halogenated alkanes) is 1. The Morgan fingerprint density at radius 3 is 2.56 bits per heavy atom. The third-order valence-corrected chi connectivity index (χ3v) is 6.65. The molecule has 4 rings (SSSR count). The van der Waals surface area contributed by atoms with Crippen molar-refractivity contribution >= 4 is 39.6 Å². The van der Waals surface area contributed by atoms with Crippen molar-refractivity contribution in [2.45, 2.75) is 45.6 Å². The van der Waals surface area contributed by atoms with E-state index in [4.69, 9.17) is 10.7 Å². The number of aryl methyl sites for hydroxylation is 1. The molecule has 1 aliphatic heterocycles. The lowest BCUT2D eigenvalue weighted by Gasteiger charge is -2.35. The van der Waals surface area contributed by atoms with Crippen molar-refractivity contribution in [1.82, 2.24) is 29.7 Å². The van der Waals surface area contributed by atoms with Gasteiger partial charge in [0.1, 0.15) is 11.3 Å². The van der Waals surface area contributed by atoms with Gasteiger partial charge in [0, 0.05) is 71.0 Å². The molecular formula is C25H35N7O2. The number of nitrogen functional groups attached to an aromatic ring is 1. The molecule has 1 aliphatic rings. The predicted octanol–water partition coefficient (Wildman–Crippen LogP) is 2.18. The minimum Gasteiger partial charge on any atom is -0.382 e. The largest absolute Gasteiger partial charge is 0.382 e. The average molecular weight is 466 g/mol. The van der Waals surface area contributed by atoms with E-state index in [0.29, 0.717) is 18.9 Å². The van der Waals surface area contributed by atoms with E-state index in [1.807, 2.05) is 23.1 Å². The Kier molecular flexibility index (Phi) is 7.62. The molecule has 3 N–H and O–H groups in total. The third-order valence-electron chi connectivity index (χ3n) is 6.65. The minimum absolute atomic E-state index is 0.0557. The summed E-state index contributed by atoms with van der Waals surface area (Å²) < 4.78 is 2.33. The summed E-state index contributed by atoms with van der Waals surface area (Å²) in [4.78, 5) is 37.6. The Morgan fingerprint density at radius 2 is 1.82 bits per heavy atom. The zero-order chi connectivity index (χ0) is 24.1. The molecular weight excluding hydrogens is 430 g/mol. The van der Waals surface area contributed by atoms with Crippen LogP contribution in [0.15, 0.2) is 24.3 Å². The molecule has 1 saturated heterocycles. The molecule has 2 aromatic heterocycles. The summed E-state index contributed by atoms with van der Waals surface area (Å²) in [7, 11) is 1.59. The highest BCUT2D eigenvalue weighted by atomic mass is 16.2. The minimum atomic E-state index is -0.0956. The number of anilines is 1. The molecule has 0 aliphatic carbocycles. The summed E-state index contributed by atoms with van der Waals surface area (Å²) >= 11 is 0. The molecule has 0 saturated carbocycles. The molecule has 0 bridgehead atoms. The van der Waals surface area contributed by atoms with Crippen LogP contribution in [0, 0.1) is 0 Å². The molecule has 0 spiro atoms. The van der Waals surface area contributed by atoms with Gasteiger partial charge in [0.2, 0.25) is 11.8 Å². The molecule has 9 nitrogen and oxygen atoms in total. The van der Waals surface area contributed by atoms with E-state index < -0.39 is 0 Å². The summed E-state index contributed by atoms with van der Waals surface area (Å²) in [6, 6.07) is 8.10. The van der Waals surface area contributed by atoms with E-state index in [1.54, 1.807) is 7.05 Å². The number of rotatable bonds is 9. The van der Waals surface area contributed by atoms with Gasteiger partial charge in [0.05, 0.1) is 11.0 Å². The van der Waals surface area contributed by atoms with Crippen LogP contribution in [-0.4, -0.2) is 75.9 Å². The first kappa shape index (κ1) is 23.9. The highest BCUT2D eigenvalue weighted by Crippen LogP contribution is 2.29. The lowest BCUT2D eigenvalue weighted by molar-refractivity contribution is -0.135. The Morgan fingerprint density at radius 1 is 1.06 bits per heavy atom. The van der Waals surface area contributed by atoms with Gasteiger partial charge in [-0.3, -0.25) is 14.5 Å². The number of carbonyl (C=O) groups excluding carboxylic acids is 2. The topological polar surface area (TPSA) is 109 Å². The van der Waals surface area contributed by atoms with Crippen LogP contribution in [0.25, 0.3) is 21.9 Å². The Labute approximate surface area is 200 Å². The Hall–Kier alpha value is -3.20. The van der Waals surface area contributed by atoms with Crippen LogP contribution in [-0.2, 0) is 22.6 Å². The summed E-state index contributed by atoms with van der Waals surface area (Å²) in [5.41, 5.74) is 9.05. The fourth-order valence-electron chi connectivity index (χ4n) is 4.64. The van der Waals surface area contributed by atoms with E-state index in [1.165, 1.54) is 0 Å². The van der Waals surface area contributed by atoms with Gasteiger partial charge in [-0.25, -0.2) is 9.97 Å². The first-order valence-corrected chi connectivity index (χ1v) is 12.3. The number of hydrogen-bond acceptors (Lipinski definition) is 6. The zero-order valence-electron chi connectivity index (χ0n) is 20.2. The number of nitrogens with zero attached hydrogens (tertiary/aromatic N) is 5. The van der Waals surface area contributed by atoms with Gasteiger partial charge in [0.15, 0.2) is 5.82 Å². The van der Waals surface area contributed by atoms with Gasteiger partial charge >= 0.3 is 0 Å². The molecule has 0 radical (unpaired) electrons. The summed E-state index contributed by atoms with van der Waals surface area (Å²) in [6.45, 7) is 6.92. The fraction of sp³-hybridized carbons (Fsp3) is 0.520. The number of aromatic nitrogens is 3. The summed E-state index contributed by atoms with van der Waals surface area (Å²) in [5.74, 6) is 1.50. The number of para-hydroxylation sites is 1. The predicted molar refractivity (Wildman–Crippen MR) is 134 cm³/mol. The van der Waals surface area contributed by atoms with Crippen LogP contribution in [0.2, 0.25) is 0 Å². The molecule has 2 amide bonds. The monoisotopic (exact) mass is 465 g/mol. The fourth-order valence-corrected chi connectivity index (χ4v) is 4.64. The number of hydrogen-bond donors (Lipinski definition) is 2. The van der Waals surface area contributed by atoms with Crippen molar-refractivity contribution < 1.29 is 9.59 Å². The number of pyridine rings is 1. The number of carbonyl (C=O) groups is 2. The van der Waals surface area contributed by atoms with Crippen LogP contribution in [0.1, 0.15) is 38.4 Å². The van der Waals surface area contributed by atoms with Gasteiger partial charge in [-0.2, -0.15) is 0 Å². The maximum Gasteiger partial charge on any atom is 0.223 e. The van der Waals surface area contributed by atoms with E-state index in [2.05, 4.69) is 32.8 Å². The van der Waals surface area contributed by atoms with Crippen molar-refractivity contribution in [2.24, 2.45) is 0 Å². The van der Waals surface area contributed by atoms with Gasteiger partial charge in [0.25, 0.3) is 0 Å². The van der Waals surface area contributed by atoms with E-state index in [9.17, 15) is 9.59 Å². The van der Waals surface area contributed by atoms with E-state index in [-0.39, 0.29) is 24.7 Å². The van der Waals surface area contributed by atoms with E-state index >= 15 is 0 Å². The molecule has 34 heavy (non-hydrogen) atoms. The molecule has 1 aromatic carbocycles. The average Bonchev–Trinajstić information content (AvgIpc) is 3.24. The number of benzene rings is 1. The van der Waals surface area contributed by atoms with Crippen molar-refractivity contribution in [3.63, 3.8) is 0 Å². The second-order valence-electron chi connectivity index (χ2n) is 8.89. The lowest BCUT2D eigenvalue weighted by atomic mass is 10.2. The van der Waals surface area contributed by atoms with Crippen molar-refractivity contribution in [3.05, 3.63) is 30.1 Å². The highest BCUT2D eigenvalue weighted by molar-refractivity contribution is 6.06. The normalized spacial score (nSPS) is 14.7. The number of nitrogens with two attached hydrogens (primary N) is 1. The standard InChI is InChI=1S/C25H35N7O2/c1-3-4-9-20-29-23-24(18-7-5-6-8-19(18)28-25(23)26)32(20)17-14-30-12-15-31(16-13-30)22(34)11-10-21(33)27-2/h5-8H,3-4,9-17H2,1-2H3,(H2,26,28)(H,27,33). The number of piperazine rings is 1. The molecule has 9 heteroatoms. The molecule has 3 aromatic rings. The van der Waals surface area contributed by atoms with Crippen molar-refractivity contribution in [1.29, 1.82) is 0 Å².